The van der Waals surface area contributed by atoms with Crippen LogP contribution in [-0.2, 0) is 21.1 Å². The number of hydrogen-bond donors (Lipinski definition) is 1. The van der Waals surface area contributed by atoms with E-state index < -0.39 is 9.84 Å². The summed E-state index contributed by atoms with van der Waals surface area (Å²) in [6.07, 6.45) is 1.01. The minimum atomic E-state index is -3.02. The van der Waals surface area contributed by atoms with Crippen molar-refractivity contribution in [2.24, 2.45) is 0 Å². The van der Waals surface area contributed by atoms with Crippen molar-refractivity contribution < 1.29 is 13.2 Å². The molecule has 1 N–H and O–H groups in total. The Balaban J connectivity index is 1.68. The summed E-state index contributed by atoms with van der Waals surface area (Å²) in [4.78, 5) is 28.7. The summed E-state index contributed by atoms with van der Waals surface area (Å²) < 4.78 is 23.1. The van der Waals surface area contributed by atoms with Crippen LogP contribution >= 0.6 is 0 Å². The first-order chi connectivity index (χ1) is 11.4. The molecular weight excluding hydrogens is 328 g/mol. The van der Waals surface area contributed by atoms with E-state index in [1.54, 1.807) is 7.05 Å². The summed E-state index contributed by atoms with van der Waals surface area (Å²) in [6, 6.07) is 9.04. The Morgan fingerprint density at radius 3 is 2.79 bits per heavy atom. The fourth-order valence-corrected chi connectivity index (χ4v) is 4.86. The topological polar surface area (TPSA) is 87.3 Å². The molecule has 1 aromatic carbocycles. The molecule has 0 saturated carbocycles. The summed E-state index contributed by atoms with van der Waals surface area (Å²) in [5.41, 5.74) is 1.15. The quantitative estimate of drug-likeness (QED) is 0.896. The third-order valence-corrected chi connectivity index (χ3v) is 6.34. The molecule has 1 atom stereocenters. The van der Waals surface area contributed by atoms with Gasteiger partial charge in [-0.2, -0.15) is 0 Å². The van der Waals surface area contributed by atoms with Gasteiger partial charge in [-0.15, -0.1) is 0 Å². The number of pyridine rings is 1. The number of fused-ring (bicyclic) bond motifs is 1. The number of nitrogens with zero attached hydrogens (tertiary/aromatic N) is 1. The number of nitrogens with one attached hydrogen (secondary N) is 1. The SMILES string of the molecule is CN(C(=O)CCc1cc2ccccc2[nH]c1=O)C1CCS(=O)(=O)C1. The minimum Gasteiger partial charge on any atom is -0.342 e. The third-order valence-electron chi connectivity index (χ3n) is 4.59. The van der Waals surface area contributed by atoms with Crippen LogP contribution in [0.1, 0.15) is 18.4 Å². The molecular formula is C17H20N2O4S. The summed E-state index contributed by atoms with van der Waals surface area (Å²) >= 11 is 0. The number of para-hydroxylation sites is 1. The van der Waals surface area contributed by atoms with Crippen LogP contribution in [0.15, 0.2) is 35.1 Å². The average Bonchev–Trinajstić information content (AvgIpc) is 2.91. The van der Waals surface area contributed by atoms with Gasteiger partial charge in [0.15, 0.2) is 9.84 Å². The van der Waals surface area contributed by atoms with E-state index in [-0.39, 0.29) is 35.4 Å². The zero-order valence-corrected chi connectivity index (χ0v) is 14.3. The first-order valence-corrected chi connectivity index (χ1v) is 9.75. The van der Waals surface area contributed by atoms with Gasteiger partial charge in [-0.25, -0.2) is 8.42 Å². The first kappa shape index (κ1) is 16.7. The van der Waals surface area contributed by atoms with Crippen molar-refractivity contribution in [2.75, 3.05) is 18.6 Å². The number of carbonyl (C=O) groups excluding carboxylic acids is 1. The van der Waals surface area contributed by atoms with Crippen LogP contribution in [0.3, 0.4) is 0 Å². The molecule has 6 nitrogen and oxygen atoms in total. The second kappa shape index (κ2) is 6.39. The predicted octanol–water partition coefficient (Wildman–Crippen LogP) is 1.11. The lowest BCUT2D eigenvalue weighted by molar-refractivity contribution is -0.131. The predicted molar refractivity (Wildman–Crippen MR) is 92.7 cm³/mol. The van der Waals surface area contributed by atoms with Crippen molar-refractivity contribution in [1.82, 2.24) is 9.88 Å². The van der Waals surface area contributed by atoms with Gasteiger partial charge in [-0.1, -0.05) is 18.2 Å². The molecule has 0 radical (unpaired) electrons. The fourth-order valence-electron chi connectivity index (χ4n) is 3.08. The normalized spacial score (nSPS) is 19.5. The number of benzene rings is 1. The molecule has 2 heterocycles. The van der Waals surface area contributed by atoms with Crippen LogP contribution in [0.25, 0.3) is 10.9 Å². The zero-order chi connectivity index (χ0) is 17.3. The molecule has 1 fully saturated rings. The van der Waals surface area contributed by atoms with Gasteiger partial charge in [0, 0.05) is 30.6 Å². The van der Waals surface area contributed by atoms with Gasteiger partial charge in [0.05, 0.1) is 11.5 Å². The van der Waals surface area contributed by atoms with Gasteiger partial charge in [0.2, 0.25) is 5.91 Å². The van der Waals surface area contributed by atoms with E-state index in [1.165, 1.54) is 4.90 Å². The number of aryl methyl sites for hydroxylation is 1. The summed E-state index contributed by atoms with van der Waals surface area (Å²) in [5.74, 6) is 0.0375. The van der Waals surface area contributed by atoms with Crippen molar-refractivity contribution >= 4 is 26.6 Å². The van der Waals surface area contributed by atoms with E-state index in [4.69, 9.17) is 0 Å². The lowest BCUT2D eigenvalue weighted by atomic mass is 10.1. The van der Waals surface area contributed by atoms with Crippen molar-refractivity contribution in [1.29, 1.82) is 0 Å². The monoisotopic (exact) mass is 348 g/mol. The molecule has 3 rings (SSSR count). The maximum Gasteiger partial charge on any atom is 0.251 e. The van der Waals surface area contributed by atoms with E-state index in [0.29, 0.717) is 18.4 Å². The maximum absolute atomic E-state index is 12.3. The second-order valence-corrected chi connectivity index (χ2v) is 8.50. The van der Waals surface area contributed by atoms with Crippen LogP contribution in [-0.4, -0.2) is 48.8 Å². The molecule has 24 heavy (non-hydrogen) atoms. The average molecular weight is 348 g/mol. The lowest BCUT2D eigenvalue weighted by Gasteiger charge is -2.23. The van der Waals surface area contributed by atoms with Crippen molar-refractivity contribution in [2.45, 2.75) is 25.3 Å². The standard InChI is InChI=1S/C17H20N2O4S/c1-19(14-8-9-24(22,23)11-14)16(20)7-6-13-10-12-4-2-3-5-15(12)18-17(13)21/h2-5,10,14H,6-9,11H2,1H3,(H,18,21). The Hall–Kier alpha value is -2.15. The number of sulfone groups is 1. The molecule has 2 aromatic rings. The number of hydrogen-bond acceptors (Lipinski definition) is 4. The van der Waals surface area contributed by atoms with E-state index in [0.717, 1.165) is 10.9 Å². The maximum atomic E-state index is 12.3. The number of amides is 1. The van der Waals surface area contributed by atoms with Crippen molar-refractivity contribution in [3.8, 4) is 0 Å². The summed E-state index contributed by atoms with van der Waals surface area (Å²) in [5, 5.41) is 0.926. The Morgan fingerprint density at radius 1 is 1.33 bits per heavy atom. The number of carbonyl (C=O) groups is 1. The Bertz CT molecular complexity index is 933. The molecule has 7 heteroatoms. The highest BCUT2D eigenvalue weighted by atomic mass is 32.2. The molecule has 1 aromatic heterocycles. The number of aromatic nitrogens is 1. The number of H-pyrrole nitrogens is 1. The fraction of sp³-hybridized carbons (Fsp3) is 0.412. The van der Waals surface area contributed by atoms with Crippen LogP contribution in [0.4, 0.5) is 0 Å². The highest BCUT2D eigenvalue weighted by Gasteiger charge is 2.32. The molecule has 1 saturated heterocycles. The van der Waals surface area contributed by atoms with Gasteiger partial charge in [-0.3, -0.25) is 9.59 Å². The smallest absolute Gasteiger partial charge is 0.251 e. The van der Waals surface area contributed by atoms with Crippen LogP contribution in [0.5, 0.6) is 0 Å². The van der Waals surface area contributed by atoms with Crippen LogP contribution in [0.2, 0.25) is 0 Å². The van der Waals surface area contributed by atoms with Gasteiger partial charge < -0.3 is 9.88 Å². The molecule has 1 unspecified atom stereocenters. The van der Waals surface area contributed by atoms with E-state index in [1.807, 2.05) is 30.3 Å². The molecule has 128 valence electrons. The van der Waals surface area contributed by atoms with E-state index in [9.17, 15) is 18.0 Å². The van der Waals surface area contributed by atoms with Crippen molar-refractivity contribution in [3.05, 3.63) is 46.2 Å². The van der Waals surface area contributed by atoms with Crippen LogP contribution < -0.4 is 5.56 Å². The Kier molecular flexibility index (Phi) is 4.45. The highest BCUT2D eigenvalue weighted by Crippen LogP contribution is 2.18. The molecule has 1 aliphatic rings. The number of aromatic amines is 1. The second-order valence-electron chi connectivity index (χ2n) is 6.27. The molecule has 0 aliphatic carbocycles. The third kappa shape index (κ3) is 3.51. The molecule has 0 bridgehead atoms. The Morgan fingerprint density at radius 2 is 2.08 bits per heavy atom. The van der Waals surface area contributed by atoms with Gasteiger partial charge in [0.25, 0.3) is 5.56 Å². The molecule has 1 aliphatic heterocycles. The number of rotatable bonds is 4. The lowest BCUT2D eigenvalue weighted by Crippen LogP contribution is -2.38. The van der Waals surface area contributed by atoms with E-state index >= 15 is 0 Å². The summed E-state index contributed by atoms with van der Waals surface area (Å²) in [6.45, 7) is 0. The zero-order valence-electron chi connectivity index (χ0n) is 13.5. The van der Waals surface area contributed by atoms with Crippen LogP contribution in [0, 0.1) is 0 Å². The minimum absolute atomic E-state index is 0.0335. The van der Waals surface area contributed by atoms with Gasteiger partial charge in [0.1, 0.15) is 0 Å². The van der Waals surface area contributed by atoms with Crippen molar-refractivity contribution in [3.63, 3.8) is 0 Å². The largest absolute Gasteiger partial charge is 0.342 e. The van der Waals surface area contributed by atoms with E-state index in [2.05, 4.69) is 4.98 Å². The summed E-state index contributed by atoms with van der Waals surface area (Å²) in [7, 11) is -1.38. The first-order valence-electron chi connectivity index (χ1n) is 7.93. The highest BCUT2D eigenvalue weighted by molar-refractivity contribution is 7.91. The van der Waals surface area contributed by atoms with Gasteiger partial charge in [-0.05, 0) is 30.4 Å². The molecule has 0 spiro atoms. The Labute approximate surface area is 140 Å². The molecule has 1 amide bonds. The van der Waals surface area contributed by atoms with Gasteiger partial charge >= 0.3 is 0 Å².